The third-order valence-corrected chi connectivity index (χ3v) is 5.93. The fourth-order valence-corrected chi connectivity index (χ4v) is 4.49. The van der Waals surface area contributed by atoms with Gasteiger partial charge in [0.2, 0.25) is 10.0 Å². The molecule has 1 aliphatic rings. The summed E-state index contributed by atoms with van der Waals surface area (Å²) in [5, 5.41) is 0. The van der Waals surface area contributed by atoms with Gasteiger partial charge in [0.05, 0.1) is 10.6 Å². The number of nitrogens with zero attached hydrogens (tertiary/aromatic N) is 3. The minimum atomic E-state index is -3.54. The van der Waals surface area contributed by atoms with Crippen molar-refractivity contribution >= 4 is 15.7 Å². The molecular formula is C17H24N4O2S. The van der Waals surface area contributed by atoms with E-state index in [2.05, 4.69) is 9.71 Å². The van der Waals surface area contributed by atoms with Gasteiger partial charge in [0.15, 0.2) is 0 Å². The van der Waals surface area contributed by atoms with Crippen molar-refractivity contribution < 1.29 is 8.42 Å². The van der Waals surface area contributed by atoms with Gasteiger partial charge in [-0.05, 0) is 38.0 Å². The second-order valence-corrected chi connectivity index (χ2v) is 8.36. The van der Waals surface area contributed by atoms with Crippen molar-refractivity contribution in [2.75, 3.05) is 19.0 Å². The highest BCUT2D eigenvalue weighted by Gasteiger charge is 2.25. The zero-order valence-corrected chi connectivity index (χ0v) is 15.4. The Morgan fingerprint density at radius 2 is 2.04 bits per heavy atom. The first-order chi connectivity index (χ1) is 11.3. The van der Waals surface area contributed by atoms with Gasteiger partial charge in [-0.25, -0.2) is 18.1 Å². The summed E-state index contributed by atoms with van der Waals surface area (Å²) in [6.45, 7) is 4.56. The van der Waals surface area contributed by atoms with Crippen molar-refractivity contribution in [3.63, 3.8) is 0 Å². The van der Waals surface area contributed by atoms with Crippen LogP contribution >= 0.6 is 0 Å². The fourth-order valence-electron chi connectivity index (χ4n) is 3.21. The van der Waals surface area contributed by atoms with E-state index < -0.39 is 10.0 Å². The van der Waals surface area contributed by atoms with Crippen LogP contribution in [0.1, 0.15) is 23.5 Å². The van der Waals surface area contributed by atoms with Gasteiger partial charge in [0.25, 0.3) is 0 Å². The van der Waals surface area contributed by atoms with Crippen molar-refractivity contribution in [2.24, 2.45) is 0 Å². The quantitative estimate of drug-likeness (QED) is 0.916. The topological polar surface area (TPSA) is 67.2 Å². The van der Waals surface area contributed by atoms with Gasteiger partial charge in [-0.1, -0.05) is 6.07 Å². The van der Waals surface area contributed by atoms with Gasteiger partial charge in [0, 0.05) is 45.0 Å². The molecule has 0 bridgehead atoms. The normalized spacial score (nSPS) is 17.6. The first-order valence-electron chi connectivity index (χ1n) is 8.09. The monoisotopic (exact) mass is 348 g/mol. The van der Waals surface area contributed by atoms with Crippen LogP contribution in [0.4, 0.5) is 5.69 Å². The molecular weight excluding hydrogens is 324 g/mol. The second kappa shape index (κ2) is 6.22. The maximum absolute atomic E-state index is 12.7. The molecule has 1 aromatic heterocycles. The molecule has 0 amide bonds. The molecule has 130 valence electrons. The largest absolute Gasteiger partial charge is 0.377 e. The lowest BCUT2D eigenvalue weighted by atomic mass is 10.1. The predicted molar refractivity (Wildman–Crippen MR) is 94.9 cm³/mol. The predicted octanol–water partition coefficient (Wildman–Crippen LogP) is 1.86. The molecule has 1 atom stereocenters. The third kappa shape index (κ3) is 3.32. The molecule has 0 saturated carbocycles. The summed E-state index contributed by atoms with van der Waals surface area (Å²) in [6, 6.07) is 5.13. The molecule has 24 heavy (non-hydrogen) atoms. The molecule has 1 aliphatic heterocycles. The van der Waals surface area contributed by atoms with E-state index in [4.69, 9.17) is 0 Å². The maximum Gasteiger partial charge on any atom is 0.240 e. The molecule has 7 heteroatoms. The van der Waals surface area contributed by atoms with E-state index in [0.29, 0.717) is 11.4 Å². The summed E-state index contributed by atoms with van der Waals surface area (Å²) < 4.78 is 30.4. The standard InChI is InChI=1S/C17H24N4O2S/c1-12-5-7-15(9-16(12)20(3)4)24(22,23)19-14-6-8-17-18-13(2)10-21(17)11-14/h5,7,9-10,14,19H,6,8,11H2,1-4H3. The van der Waals surface area contributed by atoms with Gasteiger partial charge >= 0.3 is 0 Å². The van der Waals surface area contributed by atoms with Gasteiger partial charge in [0.1, 0.15) is 5.82 Å². The average Bonchev–Trinajstić information content (AvgIpc) is 2.86. The summed E-state index contributed by atoms with van der Waals surface area (Å²) in [5.41, 5.74) is 2.94. The third-order valence-electron chi connectivity index (χ3n) is 4.41. The number of rotatable bonds is 4. The average molecular weight is 348 g/mol. The minimum Gasteiger partial charge on any atom is -0.377 e. The smallest absolute Gasteiger partial charge is 0.240 e. The molecule has 1 unspecified atom stereocenters. The van der Waals surface area contributed by atoms with Crippen LogP contribution in [0.5, 0.6) is 0 Å². The van der Waals surface area contributed by atoms with Crippen LogP contribution in [0.25, 0.3) is 0 Å². The molecule has 2 heterocycles. The molecule has 0 aliphatic carbocycles. The van der Waals surface area contributed by atoms with E-state index in [1.807, 2.05) is 49.7 Å². The van der Waals surface area contributed by atoms with Crippen LogP contribution in [-0.4, -0.2) is 38.1 Å². The highest BCUT2D eigenvalue weighted by molar-refractivity contribution is 7.89. The second-order valence-electron chi connectivity index (χ2n) is 6.65. The van der Waals surface area contributed by atoms with Crippen molar-refractivity contribution in [3.05, 3.63) is 41.5 Å². The van der Waals surface area contributed by atoms with Crippen molar-refractivity contribution in [1.82, 2.24) is 14.3 Å². The number of aryl methyl sites for hydroxylation is 3. The van der Waals surface area contributed by atoms with Crippen molar-refractivity contribution in [2.45, 2.75) is 44.2 Å². The lowest BCUT2D eigenvalue weighted by Gasteiger charge is -2.25. The lowest BCUT2D eigenvalue weighted by Crippen LogP contribution is -2.40. The first-order valence-corrected chi connectivity index (χ1v) is 9.57. The SMILES string of the molecule is Cc1cn2c(n1)CCC(NS(=O)(=O)c1ccc(C)c(N(C)C)c1)C2. The molecule has 6 nitrogen and oxygen atoms in total. The number of hydrogen-bond donors (Lipinski definition) is 1. The van der Waals surface area contributed by atoms with E-state index in [0.717, 1.165) is 35.6 Å². The molecule has 3 rings (SSSR count). The first kappa shape index (κ1) is 17.0. The van der Waals surface area contributed by atoms with Crippen LogP contribution < -0.4 is 9.62 Å². The highest BCUT2D eigenvalue weighted by atomic mass is 32.2. The summed E-state index contributed by atoms with van der Waals surface area (Å²) in [7, 11) is 0.287. The maximum atomic E-state index is 12.7. The van der Waals surface area contributed by atoms with E-state index in [-0.39, 0.29) is 6.04 Å². The number of anilines is 1. The summed E-state index contributed by atoms with van der Waals surface area (Å²) in [5.74, 6) is 1.04. The Labute approximate surface area is 143 Å². The van der Waals surface area contributed by atoms with E-state index in [1.54, 1.807) is 12.1 Å². The molecule has 0 spiro atoms. The van der Waals surface area contributed by atoms with Crippen LogP contribution in [0, 0.1) is 13.8 Å². The number of sulfonamides is 1. The molecule has 2 aromatic rings. The van der Waals surface area contributed by atoms with E-state index >= 15 is 0 Å². The van der Waals surface area contributed by atoms with Crippen LogP contribution in [0.3, 0.4) is 0 Å². The number of aromatic nitrogens is 2. The number of fused-ring (bicyclic) bond motifs is 1. The Morgan fingerprint density at radius 3 is 2.75 bits per heavy atom. The van der Waals surface area contributed by atoms with Gasteiger partial charge < -0.3 is 9.47 Å². The number of hydrogen-bond acceptors (Lipinski definition) is 4. The lowest BCUT2D eigenvalue weighted by molar-refractivity contribution is 0.421. The highest BCUT2D eigenvalue weighted by Crippen LogP contribution is 2.23. The Balaban J connectivity index is 1.81. The van der Waals surface area contributed by atoms with Crippen molar-refractivity contribution in [1.29, 1.82) is 0 Å². The number of benzene rings is 1. The van der Waals surface area contributed by atoms with Crippen LogP contribution in [0.2, 0.25) is 0 Å². The number of nitrogens with one attached hydrogen (secondary N) is 1. The van der Waals surface area contributed by atoms with Gasteiger partial charge in [-0.15, -0.1) is 0 Å². The zero-order valence-electron chi connectivity index (χ0n) is 14.6. The van der Waals surface area contributed by atoms with Crippen molar-refractivity contribution in [3.8, 4) is 0 Å². The molecule has 0 fully saturated rings. The van der Waals surface area contributed by atoms with E-state index in [9.17, 15) is 8.42 Å². The van der Waals surface area contributed by atoms with Gasteiger partial charge in [-0.2, -0.15) is 0 Å². The van der Waals surface area contributed by atoms with Gasteiger partial charge in [-0.3, -0.25) is 0 Å². The Hall–Kier alpha value is -1.86. The number of imidazole rings is 1. The summed E-state index contributed by atoms with van der Waals surface area (Å²) in [6.07, 6.45) is 3.53. The summed E-state index contributed by atoms with van der Waals surface area (Å²) >= 11 is 0. The molecule has 0 saturated heterocycles. The molecule has 1 aromatic carbocycles. The molecule has 0 radical (unpaired) electrons. The summed E-state index contributed by atoms with van der Waals surface area (Å²) in [4.78, 5) is 6.70. The van der Waals surface area contributed by atoms with Crippen LogP contribution in [-0.2, 0) is 23.0 Å². The zero-order chi connectivity index (χ0) is 17.5. The molecule has 1 N–H and O–H groups in total. The fraction of sp³-hybridized carbons (Fsp3) is 0.471. The van der Waals surface area contributed by atoms with E-state index in [1.165, 1.54) is 0 Å². The van der Waals surface area contributed by atoms with Crippen LogP contribution in [0.15, 0.2) is 29.3 Å². The Kier molecular flexibility index (Phi) is 4.40. The Bertz CT molecular complexity index is 855. The minimum absolute atomic E-state index is 0.111. The Morgan fingerprint density at radius 1 is 1.29 bits per heavy atom.